The van der Waals surface area contributed by atoms with Crippen molar-refractivity contribution in [3.63, 3.8) is 0 Å². The van der Waals surface area contributed by atoms with Gasteiger partial charge in [0, 0.05) is 23.6 Å². The minimum atomic E-state index is -3.71. The molecule has 0 radical (unpaired) electrons. The van der Waals surface area contributed by atoms with Crippen molar-refractivity contribution >= 4 is 20.9 Å². The summed E-state index contributed by atoms with van der Waals surface area (Å²) in [6.07, 6.45) is 0.221. The second-order valence-electron chi connectivity index (χ2n) is 6.70. The second-order valence-corrected chi connectivity index (χ2v) is 8.46. The lowest BCUT2D eigenvalue weighted by atomic mass is 10.1. The van der Waals surface area contributed by atoms with Crippen LogP contribution >= 0.6 is 0 Å². The number of pyridine rings is 1. The van der Waals surface area contributed by atoms with E-state index in [9.17, 15) is 13.2 Å². The number of sulfonamides is 1. The normalized spacial score (nSPS) is 11.5. The molecule has 0 bridgehead atoms. The molecule has 0 amide bonds. The Morgan fingerprint density at radius 3 is 2.33 bits per heavy atom. The van der Waals surface area contributed by atoms with Crippen molar-refractivity contribution in [2.45, 2.75) is 18.2 Å². The molecule has 0 fully saturated rings. The van der Waals surface area contributed by atoms with Crippen LogP contribution in [0, 0.1) is 6.92 Å². The molecule has 0 unspecified atom stereocenters. The predicted octanol–water partition coefficient (Wildman–Crippen LogP) is 2.38. The number of fused-ring (bicyclic) bond motifs is 1. The van der Waals surface area contributed by atoms with Gasteiger partial charge in [0.15, 0.2) is 0 Å². The highest BCUT2D eigenvalue weighted by atomic mass is 32.2. The van der Waals surface area contributed by atoms with Crippen molar-refractivity contribution < 1.29 is 22.6 Å². The summed E-state index contributed by atoms with van der Waals surface area (Å²) in [6, 6.07) is 9.81. The van der Waals surface area contributed by atoms with Gasteiger partial charge >= 0.3 is 0 Å². The lowest BCUT2D eigenvalue weighted by molar-refractivity contribution is 0.397. The van der Waals surface area contributed by atoms with Crippen molar-refractivity contribution in [1.82, 2.24) is 9.71 Å². The first-order chi connectivity index (χ1) is 14.3. The molecule has 9 heteroatoms. The Morgan fingerprint density at radius 2 is 1.70 bits per heavy atom. The second kappa shape index (κ2) is 8.76. The SMILES string of the molecule is COc1cc(OC)c2[nH]c(=O)c(CCNS(=O)(=O)c3ccc(OC)c(C)c3)cc2c1. The fraction of sp³-hybridized carbons (Fsp3) is 0.286. The van der Waals surface area contributed by atoms with E-state index in [1.807, 2.05) is 0 Å². The molecule has 3 aromatic rings. The predicted molar refractivity (Wildman–Crippen MR) is 114 cm³/mol. The lowest BCUT2D eigenvalue weighted by Gasteiger charge is -2.11. The standard InChI is InChI=1S/C21H24N2O6S/c1-13-9-17(5-6-18(13)28-3)30(25,26)22-8-7-14-10-15-11-16(27-2)12-19(29-4)20(15)23-21(14)24/h5-6,9-12,22H,7-8H2,1-4H3,(H,23,24). The van der Waals surface area contributed by atoms with Crippen LogP contribution in [0.2, 0.25) is 0 Å². The fourth-order valence-corrected chi connectivity index (χ4v) is 4.31. The van der Waals surface area contributed by atoms with Crippen LogP contribution in [0.5, 0.6) is 17.2 Å². The maximum absolute atomic E-state index is 12.6. The Bertz CT molecular complexity index is 1230. The number of aryl methyl sites for hydroxylation is 1. The van der Waals surface area contributed by atoms with Crippen LogP contribution in [0.3, 0.4) is 0 Å². The van der Waals surface area contributed by atoms with E-state index in [1.165, 1.54) is 20.3 Å². The van der Waals surface area contributed by atoms with Crippen LogP contribution in [-0.4, -0.2) is 41.3 Å². The number of rotatable bonds is 8. The first-order valence-corrected chi connectivity index (χ1v) is 10.7. The number of methoxy groups -OCH3 is 3. The van der Waals surface area contributed by atoms with Crippen LogP contribution in [0.15, 0.2) is 46.1 Å². The Morgan fingerprint density at radius 1 is 0.967 bits per heavy atom. The number of benzene rings is 2. The number of aromatic amines is 1. The maximum atomic E-state index is 12.6. The summed E-state index contributed by atoms with van der Waals surface area (Å²) in [7, 11) is 0.871. The van der Waals surface area contributed by atoms with Gasteiger partial charge in [0.05, 0.1) is 31.7 Å². The summed E-state index contributed by atoms with van der Waals surface area (Å²) >= 11 is 0. The highest BCUT2D eigenvalue weighted by molar-refractivity contribution is 7.89. The molecular formula is C21H24N2O6S. The quantitative estimate of drug-likeness (QED) is 0.566. The van der Waals surface area contributed by atoms with Crippen molar-refractivity contribution in [1.29, 1.82) is 0 Å². The topological polar surface area (TPSA) is 107 Å². The molecule has 2 aromatic carbocycles. The third-order valence-corrected chi connectivity index (χ3v) is 6.24. The Labute approximate surface area is 174 Å². The van der Waals surface area contributed by atoms with Crippen LogP contribution in [0.1, 0.15) is 11.1 Å². The summed E-state index contributed by atoms with van der Waals surface area (Å²) in [6.45, 7) is 1.85. The number of nitrogens with one attached hydrogen (secondary N) is 2. The molecule has 0 aliphatic rings. The average Bonchev–Trinajstić information content (AvgIpc) is 2.73. The monoisotopic (exact) mass is 432 g/mol. The molecule has 1 aromatic heterocycles. The van der Waals surface area contributed by atoms with Gasteiger partial charge in [-0.1, -0.05) is 0 Å². The summed E-state index contributed by atoms with van der Waals surface area (Å²) in [5.74, 6) is 1.69. The molecule has 0 saturated carbocycles. The van der Waals surface area contributed by atoms with E-state index < -0.39 is 10.0 Å². The van der Waals surface area contributed by atoms with Crippen LogP contribution < -0.4 is 24.5 Å². The highest BCUT2D eigenvalue weighted by Gasteiger charge is 2.16. The van der Waals surface area contributed by atoms with Crippen LogP contribution in [0.25, 0.3) is 10.9 Å². The summed E-state index contributed by atoms with van der Waals surface area (Å²) < 4.78 is 43.4. The van der Waals surface area contributed by atoms with Crippen molar-refractivity contribution in [3.05, 3.63) is 57.9 Å². The van der Waals surface area contributed by atoms with Gasteiger partial charge in [0.1, 0.15) is 17.2 Å². The van der Waals surface area contributed by atoms with E-state index in [-0.39, 0.29) is 23.4 Å². The zero-order chi connectivity index (χ0) is 21.9. The van der Waals surface area contributed by atoms with E-state index in [1.54, 1.807) is 44.4 Å². The molecule has 160 valence electrons. The van der Waals surface area contributed by atoms with Gasteiger partial charge in [-0.15, -0.1) is 0 Å². The van der Waals surface area contributed by atoms with E-state index >= 15 is 0 Å². The largest absolute Gasteiger partial charge is 0.497 e. The maximum Gasteiger partial charge on any atom is 0.251 e. The molecule has 8 nitrogen and oxygen atoms in total. The molecule has 3 rings (SSSR count). The van der Waals surface area contributed by atoms with Crippen LogP contribution in [-0.2, 0) is 16.4 Å². The fourth-order valence-electron chi connectivity index (χ4n) is 3.19. The molecule has 0 saturated heterocycles. The number of H-pyrrole nitrogens is 1. The highest BCUT2D eigenvalue weighted by Crippen LogP contribution is 2.29. The van der Waals surface area contributed by atoms with E-state index in [0.29, 0.717) is 33.9 Å². The first-order valence-electron chi connectivity index (χ1n) is 9.21. The Balaban J connectivity index is 1.80. The van der Waals surface area contributed by atoms with Gasteiger partial charge in [-0.25, -0.2) is 13.1 Å². The third-order valence-electron chi connectivity index (χ3n) is 4.78. The zero-order valence-corrected chi connectivity index (χ0v) is 18.1. The zero-order valence-electron chi connectivity index (χ0n) is 17.2. The van der Waals surface area contributed by atoms with Gasteiger partial charge in [-0.2, -0.15) is 0 Å². The number of hydrogen-bond donors (Lipinski definition) is 2. The molecule has 0 aliphatic carbocycles. The number of ether oxygens (including phenoxy) is 3. The molecule has 30 heavy (non-hydrogen) atoms. The molecule has 0 spiro atoms. The molecular weight excluding hydrogens is 408 g/mol. The lowest BCUT2D eigenvalue weighted by Crippen LogP contribution is -2.27. The summed E-state index contributed by atoms with van der Waals surface area (Å²) in [5, 5.41) is 0.731. The van der Waals surface area contributed by atoms with Crippen molar-refractivity contribution in [2.24, 2.45) is 0 Å². The smallest absolute Gasteiger partial charge is 0.251 e. The minimum absolute atomic E-state index is 0.0725. The van der Waals surface area contributed by atoms with E-state index in [4.69, 9.17) is 14.2 Å². The molecule has 0 aliphatic heterocycles. The summed E-state index contributed by atoms with van der Waals surface area (Å²) in [4.78, 5) is 15.4. The first kappa shape index (κ1) is 21.7. The van der Waals surface area contributed by atoms with Gasteiger partial charge in [0.2, 0.25) is 10.0 Å². The van der Waals surface area contributed by atoms with Crippen molar-refractivity contribution in [3.8, 4) is 17.2 Å². The molecule has 0 atom stereocenters. The third kappa shape index (κ3) is 4.42. The van der Waals surface area contributed by atoms with Gasteiger partial charge in [0.25, 0.3) is 5.56 Å². The Hall–Kier alpha value is -3.04. The minimum Gasteiger partial charge on any atom is -0.497 e. The molecule has 2 N–H and O–H groups in total. The van der Waals surface area contributed by atoms with E-state index in [0.717, 1.165) is 5.39 Å². The Kier molecular flexibility index (Phi) is 6.33. The van der Waals surface area contributed by atoms with Gasteiger partial charge < -0.3 is 19.2 Å². The number of hydrogen-bond acceptors (Lipinski definition) is 6. The summed E-state index contributed by atoms with van der Waals surface area (Å²) in [5.41, 5.74) is 1.42. The van der Waals surface area contributed by atoms with Gasteiger partial charge in [-0.3, -0.25) is 4.79 Å². The van der Waals surface area contributed by atoms with E-state index in [2.05, 4.69) is 9.71 Å². The number of aromatic nitrogens is 1. The average molecular weight is 432 g/mol. The van der Waals surface area contributed by atoms with Crippen LogP contribution in [0.4, 0.5) is 0 Å². The van der Waals surface area contributed by atoms with Crippen molar-refractivity contribution in [2.75, 3.05) is 27.9 Å². The van der Waals surface area contributed by atoms with Gasteiger partial charge in [-0.05, 0) is 49.2 Å². The molecule has 1 heterocycles.